The average Bonchev–Trinajstić information content (AvgIpc) is 2.54. The molecule has 0 spiro atoms. The van der Waals surface area contributed by atoms with Gasteiger partial charge in [0, 0.05) is 11.1 Å². The van der Waals surface area contributed by atoms with Crippen molar-refractivity contribution in [1.29, 1.82) is 0 Å². The molecule has 2 nitrogen and oxygen atoms in total. The molecule has 0 unspecified atom stereocenters. The van der Waals surface area contributed by atoms with Crippen LogP contribution in [-0.4, -0.2) is 10.7 Å². The Hall–Kier alpha value is -2.45. The van der Waals surface area contributed by atoms with Gasteiger partial charge in [0.2, 0.25) is 0 Å². The molecule has 1 heterocycles. The lowest BCUT2D eigenvalue weighted by Crippen LogP contribution is -2.02. The number of benzene rings is 2. The molecular formula is C18H12ClN2. The molecule has 21 heavy (non-hydrogen) atoms. The maximum Gasteiger partial charge on any atom is 0.109 e. The highest BCUT2D eigenvalue weighted by Crippen LogP contribution is 2.20. The van der Waals surface area contributed by atoms with Crippen LogP contribution in [0.25, 0.3) is 0 Å². The smallest absolute Gasteiger partial charge is 0.109 e. The van der Waals surface area contributed by atoms with Gasteiger partial charge in [-0.15, -0.1) is 0 Å². The molecule has 0 N–H and O–H groups in total. The molecule has 1 radical (unpaired) electrons. The zero-order valence-corrected chi connectivity index (χ0v) is 12.0. The second kappa shape index (κ2) is 6.33. The predicted octanol–water partition coefficient (Wildman–Crippen LogP) is 4.70. The second-order valence-electron chi connectivity index (χ2n) is 4.48. The summed E-state index contributed by atoms with van der Waals surface area (Å²) < 4.78 is 0. The zero-order valence-electron chi connectivity index (χ0n) is 11.2. The van der Waals surface area contributed by atoms with E-state index >= 15 is 0 Å². The fourth-order valence-corrected chi connectivity index (χ4v) is 2.20. The number of nitrogens with zero attached hydrogens (tertiary/aromatic N) is 2. The quantitative estimate of drug-likeness (QED) is 0.642. The Bertz CT molecular complexity index is 711. The van der Waals surface area contributed by atoms with E-state index in [0.29, 0.717) is 10.7 Å². The summed E-state index contributed by atoms with van der Waals surface area (Å²) in [7, 11) is 0. The van der Waals surface area contributed by atoms with Crippen LogP contribution in [0.15, 0.2) is 77.9 Å². The van der Waals surface area contributed by atoms with Gasteiger partial charge in [-0.25, -0.2) is 4.99 Å². The first kappa shape index (κ1) is 13.5. The number of rotatable bonds is 3. The average molecular weight is 292 g/mol. The second-order valence-corrected chi connectivity index (χ2v) is 4.89. The molecule has 0 aliphatic carbocycles. The van der Waals surface area contributed by atoms with Crippen LogP contribution in [0, 0.1) is 6.20 Å². The van der Waals surface area contributed by atoms with Crippen molar-refractivity contribution < 1.29 is 0 Å². The lowest BCUT2D eigenvalue weighted by molar-refractivity contribution is 1.29. The number of hydrogen-bond acceptors (Lipinski definition) is 2. The molecule has 3 aromatic rings. The zero-order chi connectivity index (χ0) is 14.5. The third kappa shape index (κ3) is 3.36. The van der Waals surface area contributed by atoms with E-state index in [-0.39, 0.29) is 0 Å². The summed E-state index contributed by atoms with van der Waals surface area (Å²) in [5.41, 5.74) is 3.70. The van der Waals surface area contributed by atoms with E-state index in [2.05, 4.69) is 11.2 Å². The first-order valence-electron chi connectivity index (χ1n) is 6.56. The van der Waals surface area contributed by atoms with Crippen LogP contribution < -0.4 is 0 Å². The Morgan fingerprint density at radius 2 is 1.48 bits per heavy atom. The first-order valence-corrected chi connectivity index (χ1v) is 6.93. The van der Waals surface area contributed by atoms with Crippen molar-refractivity contribution in [3.63, 3.8) is 0 Å². The van der Waals surface area contributed by atoms with E-state index in [9.17, 15) is 0 Å². The predicted molar refractivity (Wildman–Crippen MR) is 86.3 cm³/mol. The van der Waals surface area contributed by atoms with Crippen molar-refractivity contribution in [2.24, 2.45) is 4.99 Å². The monoisotopic (exact) mass is 291 g/mol. The van der Waals surface area contributed by atoms with Gasteiger partial charge in [0.25, 0.3) is 0 Å². The molecule has 0 saturated heterocycles. The molecule has 2 aromatic carbocycles. The minimum absolute atomic E-state index is 0.455. The van der Waals surface area contributed by atoms with Gasteiger partial charge >= 0.3 is 0 Å². The third-order valence-electron chi connectivity index (χ3n) is 2.98. The molecule has 0 aliphatic heterocycles. The molecule has 3 rings (SSSR count). The summed E-state index contributed by atoms with van der Waals surface area (Å²) in [4.78, 5) is 8.67. The molecule has 0 saturated carbocycles. The molecule has 3 heteroatoms. The van der Waals surface area contributed by atoms with Crippen LogP contribution in [-0.2, 0) is 0 Å². The largest absolute Gasteiger partial charge is 0.251 e. The van der Waals surface area contributed by atoms with Gasteiger partial charge in [-0.2, -0.15) is 0 Å². The highest BCUT2D eigenvalue weighted by atomic mass is 35.5. The lowest BCUT2D eigenvalue weighted by Gasteiger charge is -2.07. The van der Waals surface area contributed by atoms with Crippen molar-refractivity contribution in [2.45, 2.75) is 0 Å². The number of pyridine rings is 1. The number of halogens is 1. The van der Waals surface area contributed by atoms with Crippen LogP contribution >= 0.6 is 11.6 Å². The SMILES string of the molecule is Clc1[c]ncc(N=C(c2ccccc2)c2ccccc2)c1. The minimum atomic E-state index is 0.455. The van der Waals surface area contributed by atoms with Crippen molar-refractivity contribution in [2.75, 3.05) is 0 Å². The Morgan fingerprint density at radius 3 is 2.00 bits per heavy atom. The van der Waals surface area contributed by atoms with Crippen molar-refractivity contribution in [3.8, 4) is 0 Å². The summed E-state index contributed by atoms with van der Waals surface area (Å²) in [5.74, 6) is 0. The van der Waals surface area contributed by atoms with E-state index in [1.165, 1.54) is 0 Å². The molecule has 0 aliphatic rings. The molecule has 1 aromatic heterocycles. The van der Waals surface area contributed by atoms with Gasteiger partial charge in [0.1, 0.15) is 6.20 Å². The molecule has 0 bridgehead atoms. The summed E-state index contributed by atoms with van der Waals surface area (Å²) in [6, 6.07) is 21.9. The minimum Gasteiger partial charge on any atom is -0.251 e. The lowest BCUT2D eigenvalue weighted by atomic mass is 10.0. The fourth-order valence-electron chi connectivity index (χ4n) is 2.04. The van der Waals surface area contributed by atoms with Gasteiger partial charge in [-0.05, 0) is 6.07 Å². The Balaban J connectivity index is 2.13. The van der Waals surface area contributed by atoms with E-state index in [1.807, 2.05) is 60.7 Å². The molecule has 0 atom stereocenters. The van der Waals surface area contributed by atoms with E-state index in [1.54, 1.807) is 12.3 Å². The molecular weight excluding hydrogens is 280 g/mol. The van der Waals surface area contributed by atoms with Crippen LogP contribution in [0.4, 0.5) is 5.69 Å². The summed E-state index contributed by atoms with van der Waals surface area (Å²) in [6.07, 6.45) is 4.32. The standard InChI is InChI=1S/C18H12ClN2/c19-16-11-17(13-20-12-16)21-18(14-7-3-1-4-8-14)15-9-5-2-6-10-15/h1-11,13H. The number of hydrogen-bond donors (Lipinski definition) is 0. The maximum absolute atomic E-state index is 5.93. The summed E-state index contributed by atoms with van der Waals surface area (Å²) in [5, 5.41) is 0.455. The van der Waals surface area contributed by atoms with E-state index < -0.39 is 0 Å². The number of aliphatic imine (C=N–C) groups is 1. The maximum atomic E-state index is 5.93. The van der Waals surface area contributed by atoms with Crippen molar-refractivity contribution >= 4 is 23.0 Å². The highest BCUT2D eigenvalue weighted by molar-refractivity contribution is 6.30. The van der Waals surface area contributed by atoms with Crippen molar-refractivity contribution in [1.82, 2.24) is 4.98 Å². The third-order valence-corrected chi connectivity index (χ3v) is 3.17. The van der Waals surface area contributed by atoms with Gasteiger partial charge in [0.15, 0.2) is 0 Å². The van der Waals surface area contributed by atoms with Crippen LogP contribution in [0.3, 0.4) is 0 Å². The topological polar surface area (TPSA) is 25.2 Å². The molecule has 0 fully saturated rings. The highest BCUT2D eigenvalue weighted by Gasteiger charge is 2.06. The Labute approximate surface area is 128 Å². The molecule has 0 amide bonds. The van der Waals surface area contributed by atoms with Crippen LogP contribution in [0.2, 0.25) is 5.02 Å². The fraction of sp³-hybridized carbons (Fsp3) is 0. The Kier molecular flexibility index (Phi) is 4.08. The van der Waals surface area contributed by atoms with Crippen LogP contribution in [0.1, 0.15) is 11.1 Å². The van der Waals surface area contributed by atoms with Gasteiger partial charge in [-0.1, -0.05) is 72.3 Å². The van der Waals surface area contributed by atoms with E-state index in [0.717, 1.165) is 16.8 Å². The Morgan fingerprint density at radius 1 is 0.905 bits per heavy atom. The van der Waals surface area contributed by atoms with Crippen LogP contribution in [0.5, 0.6) is 0 Å². The van der Waals surface area contributed by atoms with Gasteiger partial charge < -0.3 is 0 Å². The summed E-state index contributed by atoms with van der Waals surface area (Å²) in [6.45, 7) is 0. The van der Waals surface area contributed by atoms with Gasteiger partial charge in [0.05, 0.1) is 22.6 Å². The van der Waals surface area contributed by atoms with Crippen molar-refractivity contribution in [3.05, 3.63) is 95.3 Å². The summed E-state index contributed by atoms with van der Waals surface area (Å²) >= 11 is 5.93. The number of aromatic nitrogens is 1. The van der Waals surface area contributed by atoms with Gasteiger partial charge in [-0.3, -0.25) is 4.98 Å². The first-order chi connectivity index (χ1) is 10.3. The normalized spacial score (nSPS) is 10.1. The molecule has 101 valence electrons. The van der Waals surface area contributed by atoms with E-state index in [4.69, 9.17) is 16.6 Å².